The topological polar surface area (TPSA) is 38.9 Å². The predicted octanol–water partition coefficient (Wildman–Crippen LogP) is 9.95. The van der Waals surface area contributed by atoms with Crippen molar-refractivity contribution in [2.75, 3.05) is 0 Å². The molecule has 0 fully saturated rings. The summed E-state index contributed by atoms with van der Waals surface area (Å²) in [6.07, 6.45) is 3.75. The predicted molar refractivity (Wildman–Crippen MR) is 163 cm³/mol. The van der Waals surface area contributed by atoms with E-state index in [1.54, 1.807) is 17.5 Å². The molecule has 0 aliphatic carbocycles. The number of benzene rings is 3. The molecule has 0 spiro atoms. The molecule has 7 rings (SSSR count). The molecule has 4 aromatic heterocycles. The number of furan rings is 1. The van der Waals surface area contributed by atoms with Crippen molar-refractivity contribution in [1.82, 2.24) is 9.97 Å². The van der Waals surface area contributed by atoms with Crippen LogP contribution in [-0.2, 0) is 20.1 Å². The van der Waals surface area contributed by atoms with Gasteiger partial charge < -0.3 is 14.4 Å². The Kier molecular flexibility index (Phi) is 8.27. The number of thiophene rings is 1. The Morgan fingerprint density at radius 3 is 2.35 bits per heavy atom. The minimum Gasteiger partial charge on any atom is -0.500 e. The second-order valence-corrected chi connectivity index (χ2v) is 11.3. The molecular formula is C35H28IrN2OS-2. The first-order valence-electron chi connectivity index (χ1n) is 13.1. The molecule has 0 amide bonds. The summed E-state index contributed by atoms with van der Waals surface area (Å²) in [5.41, 5.74) is 8.24. The van der Waals surface area contributed by atoms with Gasteiger partial charge in [-0.05, 0) is 60.5 Å². The van der Waals surface area contributed by atoms with Crippen LogP contribution in [0.15, 0.2) is 95.7 Å². The summed E-state index contributed by atoms with van der Waals surface area (Å²) in [5, 5.41) is 3.47. The third-order valence-corrected chi connectivity index (χ3v) is 7.91. The number of pyridine rings is 2. The number of hydrogen-bond donors (Lipinski definition) is 0. The Labute approximate surface area is 252 Å². The van der Waals surface area contributed by atoms with Gasteiger partial charge in [0, 0.05) is 52.8 Å². The van der Waals surface area contributed by atoms with Crippen molar-refractivity contribution >= 4 is 43.4 Å². The van der Waals surface area contributed by atoms with Gasteiger partial charge in [-0.3, -0.25) is 0 Å². The first-order chi connectivity index (χ1) is 19.0. The number of aryl methyl sites for hydroxylation is 2. The molecule has 0 N–H and O–H groups in total. The van der Waals surface area contributed by atoms with Gasteiger partial charge in [0.15, 0.2) is 0 Å². The van der Waals surface area contributed by atoms with Crippen LogP contribution in [0.5, 0.6) is 0 Å². The third kappa shape index (κ3) is 5.38. The van der Waals surface area contributed by atoms with E-state index in [1.165, 1.54) is 26.1 Å². The second-order valence-electron chi connectivity index (χ2n) is 9.98. The van der Waals surface area contributed by atoms with Crippen LogP contribution in [0.25, 0.3) is 54.5 Å². The van der Waals surface area contributed by atoms with E-state index in [0.717, 1.165) is 44.5 Å². The number of nitrogens with zero attached hydrogens (tertiary/aromatic N) is 2. The molecule has 0 aliphatic heterocycles. The maximum atomic E-state index is 6.43. The molecule has 7 aromatic rings. The van der Waals surface area contributed by atoms with E-state index in [9.17, 15) is 0 Å². The van der Waals surface area contributed by atoms with Crippen LogP contribution in [0.3, 0.4) is 0 Å². The van der Waals surface area contributed by atoms with Gasteiger partial charge in [0.2, 0.25) is 0 Å². The molecule has 4 heterocycles. The summed E-state index contributed by atoms with van der Waals surface area (Å²) in [5.74, 6) is 0.454. The molecule has 5 heteroatoms. The summed E-state index contributed by atoms with van der Waals surface area (Å²) in [6.45, 7) is 8.69. The minimum absolute atomic E-state index is 0. The Balaban J connectivity index is 0.000000209. The average molecular weight is 717 g/mol. The van der Waals surface area contributed by atoms with E-state index in [1.807, 2.05) is 54.7 Å². The zero-order chi connectivity index (χ0) is 26.9. The van der Waals surface area contributed by atoms with Gasteiger partial charge in [-0.2, -0.15) is 0 Å². The van der Waals surface area contributed by atoms with Gasteiger partial charge in [0.25, 0.3) is 0 Å². The maximum absolute atomic E-state index is 6.43. The minimum atomic E-state index is 0. The van der Waals surface area contributed by atoms with Crippen molar-refractivity contribution in [1.29, 1.82) is 0 Å². The quantitative estimate of drug-likeness (QED) is 0.171. The molecule has 201 valence electrons. The Morgan fingerprint density at radius 1 is 0.775 bits per heavy atom. The molecule has 0 unspecified atom stereocenters. The van der Waals surface area contributed by atoms with Crippen LogP contribution in [-0.4, -0.2) is 9.97 Å². The molecule has 3 aromatic carbocycles. The standard InChI is InChI=1S/C24H20NOS.C11H8N.Ir/c1-13(2)19-11-21(25-12-14(19)3)18-7-5-6-16-17-8-9-22-20(10-15(4)27-22)24(17)26-23(16)18;1-2-6-10(7-3-1)11-8-4-5-9-12-11;/h5-6,8-13H,1-4H3;1-6,8-9H;/q2*-1;. The van der Waals surface area contributed by atoms with Gasteiger partial charge in [-0.25, -0.2) is 0 Å². The molecule has 1 radical (unpaired) electrons. The summed E-state index contributed by atoms with van der Waals surface area (Å²) in [7, 11) is 0. The fourth-order valence-corrected chi connectivity index (χ4v) is 5.92. The summed E-state index contributed by atoms with van der Waals surface area (Å²) < 4.78 is 7.69. The van der Waals surface area contributed by atoms with Crippen LogP contribution in [0.4, 0.5) is 0 Å². The Bertz CT molecular complexity index is 1870. The zero-order valence-electron chi connectivity index (χ0n) is 22.8. The van der Waals surface area contributed by atoms with Crippen LogP contribution in [0, 0.1) is 26.0 Å². The molecular weight excluding hydrogens is 689 g/mol. The fraction of sp³-hybridized carbons (Fsp3) is 0.143. The van der Waals surface area contributed by atoms with Gasteiger partial charge in [-0.1, -0.05) is 49.1 Å². The van der Waals surface area contributed by atoms with Crippen LogP contribution in [0.1, 0.15) is 35.8 Å². The zero-order valence-corrected chi connectivity index (χ0v) is 26.0. The van der Waals surface area contributed by atoms with Crippen LogP contribution >= 0.6 is 11.3 Å². The monoisotopic (exact) mass is 717 g/mol. The van der Waals surface area contributed by atoms with Gasteiger partial charge >= 0.3 is 0 Å². The van der Waals surface area contributed by atoms with E-state index in [0.29, 0.717) is 5.92 Å². The molecule has 3 nitrogen and oxygen atoms in total. The summed E-state index contributed by atoms with van der Waals surface area (Å²) in [6, 6.07) is 33.0. The molecule has 0 atom stereocenters. The first kappa shape index (κ1) is 27.9. The van der Waals surface area contributed by atoms with Crippen molar-refractivity contribution in [2.45, 2.75) is 33.6 Å². The normalized spacial score (nSPS) is 11.0. The van der Waals surface area contributed by atoms with E-state index in [4.69, 9.17) is 4.42 Å². The molecule has 40 heavy (non-hydrogen) atoms. The average Bonchev–Trinajstić information content (AvgIpc) is 3.54. The molecule has 0 saturated carbocycles. The Hall–Kier alpha value is -3.63. The largest absolute Gasteiger partial charge is 0.500 e. The fourth-order valence-electron chi connectivity index (χ4n) is 5.00. The smallest absolute Gasteiger partial charge is 0.129 e. The number of fused-ring (bicyclic) bond motifs is 5. The van der Waals surface area contributed by atoms with Crippen molar-refractivity contribution in [2.24, 2.45) is 0 Å². The molecule has 0 aliphatic rings. The first-order valence-corrected chi connectivity index (χ1v) is 13.9. The van der Waals surface area contributed by atoms with Gasteiger partial charge in [0.1, 0.15) is 5.58 Å². The number of rotatable bonds is 3. The number of aromatic nitrogens is 2. The Morgan fingerprint density at radius 2 is 1.60 bits per heavy atom. The second kappa shape index (κ2) is 11.9. The SMILES string of the molecule is Cc1cc2c(ccc3c4cc[c-]c(-c5cc(C(C)C)c(C)cn5)c4oc23)s1.[Ir].[c-]1ccccc1-c1ccccn1. The van der Waals surface area contributed by atoms with Gasteiger partial charge in [-0.15, -0.1) is 65.4 Å². The summed E-state index contributed by atoms with van der Waals surface area (Å²) >= 11 is 1.80. The van der Waals surface area contributed by atoms with Crippen molar-refractivity contribution in [3.8, 4) is 22.5 Å². The molecule has 0 bridgehead atoms. The third-order valence-electron chi connectivity index (χ3n) is 6.89. The number of hydrogen-bond acceptors (Lipinski definition) is 4. The van der Waals surface area contributed by atoms with Crippen molar-refractivity contribution in [3.05, 3.63) is 119 Å². The van der Waals surface area contributed by atoms with E-state index in [-0.39, 0.29) is 20.1 Å². The maximum Gasteiger partial charge on any atom is 0.129 e. The van der Waals surface area contributed by atoms with E-state index >= 15 is 0 Å². The van der Waals surface area contributed by atoms with Crippen LogP contribution in [0.2, 0.25) is 0 Å². The van der Waals surface area contributed by atoms with E-state index < -0.39 is 0 Å². The summed E-state index contributed by atoms with van der Waals surface area (Å²) in [4.78, 5) is 10.2. The van der Waals surface area contributed by atoms with E-state index in [2.05, 4.69) is 80.1 Å². The van der Waals surface area contributed by atoms with Crippen molar-refractivity contribution < 1.29 is 24.5 Å². The van der Waals surface area contributed by atoms with Crippen molar-refractivity contribution in [3.63, 3.8) is 0 Å². The van der Waals surface area contributed by atoms with Crippen LogP contribution < -0.4 is 0 Å². The van der Waals surface area contributed by atoms with Gasteiger partial charge in [0.05, 0.1) is 5.58 Å². The molecule has 0 saturated heterocycles.